The SMILES string of the molecule is OBC1CCCN1C(=S)C1CCCN1. The summed E-state index contributed by atoms with van der Waals surface area (Å²) < 4.78 is 0. The summed E-state index contributed by atoms with van der Waals surface area (Å²) in [6.45, 7) is 2.12. The van der Waals surface area contributed by atoms with E-state index in [1.165, 1.54) is 6.42 Å². The van der Waals surface area contributed by atoms with Gasteiger partial charge in [0.25, 0.3) is 7.48 Å². The van der Waals surface area contributed by atoms with Gasteiger partial charge in [0.1, 0.15) is 0 Å². The number of nitrogens with one attached hydrogen (secondary N) is 1. The fourth-order valence-corrected chi connectivity index (χ4v) is 2.85. The van der Waals surface area contributed by atoms with Crippen LogP contribution in [0.4, 0.5) is 0 Å². The van der Waals surface area contributed by atoms with E-state index in [2.05, 4.69) is 10.2 Å². The number of hydrogen-bond acceptors (Lipinski definition) is 3. The summed E-state index contributed by atoms with van der Waals surface area (Å²) in [7, 11) is 0.243. The van der Waals surface area contributed by atoms with Crippen LogP contribution in [0, 0.1) is 0 Å². The summed E-state index contributed by atoms with van der Waals surface area (Å²) in [6, 6.07) is 0.386. The molecular weight excluding hydrogens is 195 g/mol. The minimum atomic E-state index is 0.243. The predicted octanol–water partition coefficient (Wildman–Crippen LogP) is -0.168. The summed E-state index contributed by atoms with van der Waals surface area (Å²) in [4.78, 5) is 3.25. The molecule has 2 unspecified atom stereocenters. The second-order valence-electron chi connectivity index (χ2n) is 4.16. The Balaban J connectivity index is 1.95. The van der Waals surface area contributed by atoms with Crippen LogP contribution >= 0.6 is 12.2 Å². The molecule has 2 saturated heterocycles. The van der Waals surface area contributed by atoms with Crippen molar-refractivity contribution in [3.63, 3.8) is 0 Å². The zero-order valence-electron chi connectivity index (χ0n) is 8.41. The molecule has 2 heterocycles. The molecule has 0 aromatic rings. The Kier molecular flexibility index (Phi) is 3.41. The normalized spacial score (nSPS) is 32.2. The Labute approximate surface area is 91.1 Å². The third kappa shape index (κ3) is 1.94. The molecule has 0 saturated carbocycles. The van der Waals surface area contributed by atoms with Crippen molar-refractivity contribution in [1.29, 1.82) is 0 Å². The van der Waals surface area contributed by atoms with Crippen LogP contribution in [-0.2, 0) is 0 Å². The standard InChI is InChI=1S/C9H17BN2OS/c13-10-8-4-2-6-12(8)9(14)7-3-1-5-11-7/h7-8,10-11,13H,1-6H2. The summed E-state index contributed by atoms with van der Waals surface area (Å²) in [6.07, 6.45) is 4.64. The fourth-order valence-electron chi connectivity index (χ4n) is 2.41. The molecule has 0 aliphatic carbocycles. The van der Waals surface area contributed by atoms with Crippen molar-refractivity contribution in [2.75, 3.05) is 13.1 Å². The molecule has 0 radical (unpaired) electrons. The molecule has 2 N–H and O–H groups in total. The number of likely N-dealkylation sites (tertiary alicyclic amines) is 1. The maximum Gasteiger partial charge on any atom is 0.293 e. The molecule has 5 heteroatoms. The van der Waals surface area contributed by atoms with Gasteiger partial charge < -0.3 is 15.2 Å². The summed E-state index contributed by atoms with van der Waals surface area (Å²) in [5, 5.41) is 12.6. The van der Waals surface area contributed by atoms with E-state index in [1.807, 2.05) is 0 Å². The molecule has 0 aromatic heterocycles. The molecule has 0 spiro atoms. The maximum absolute atomic E-state index is 9.21. The molecule has 0 aromatic carbocycles. The Morgan fingerprint density at radius 2 is 2.29 bits per heavy atom. The molecule has 78 valence electrons. The summed E-state index contributed by atoms with van der Waals surface area (Å²) in [5.74, 6) is 0.282. The number of hydrogen-bond donors (Lipinski definition) is 2. The van der Waals surface area contributed by atoms with Gasteiger partial charge in [-0.25, -0.2) is 0 Å². The highest BCUT2D eigenvalue weighted by Crippen LogP contribution is 2.20. The van der Waals surface area contributed by atoms with Gasteiger partial charge in [0.2, 0.25) is 0 Å². The fraction of sp³-hybridized carbons (Fsp3) is 0.889. The lowest BCUT2D eigenvalue weighted by molar-refractivity contribution is 0.431. The molecule has 2 atom stereocenters. The Morgan fingerprint density at radius 1 is 1.43 bits per heavy atom. The van der Waals surface area contributed by atoms with Crippen LogP contribution in [0.2, 0.25) is 0 Å². The van der Waals surface area contributed by atoms with E-state index in [-0.39, 0.29) is 13.4 Å². The van der Waals surface area contributed by atoms with E-state index < -0.39 is 0 Å². The zero-order valence-corrected chi connectivity index (χ0v) is 9.22. The molecule has 2 aliphatic rings. The van der Waals surface area contributed by atoms with Crippen molar-refractivity contribution in [3.8, 4) is 0 Å². The van der Waals surface area contributed by atoms with Crippen molar-refractivity contribution in [2.45, 2.75) is 37.7 Å². The van der Waals surface area contributed by atoms with Crippen LogP contribution in [0.3, 0.4) is 0 Å². The van der Waals surface area contributed by atoms with Crippen LogP contribution in [0.15, 0.2) is 0 Å². The number of rotatable bonds is 2. The monoisotopic (exact) mass is 212 g/mol. The van der Waals surface area contributed by atoms with Crippen molar-refractivity contribution in [1.82, 2.24) is 10.2 Å². The summed E-state index contributed by atoms with van der Waals surface area (Å²) >= 11 is 5.47. The van der Waals surface area contributed by atoms with Crippen molar-refractivity contribution >= 4 is 24.7 Å². The van der Waals surface area contributed by atoms with E-state index >= 15 is 0 Å². The van der Waals surface area contributed by atoms with E-state index in [0.29, 0.717) is 6.04 Å². The first-order valence-corrected chi connectivity index (χ1v) is 5.88. The first-order valence-electron chi connectivity index (χ1n) is 5.47. The lowest BCUT2D eigenvalue weighted by Crippen LogP contribution is -2.46. The molecular formula is C9H17BN2OS. The van der Waals surface area contributed by atoms with Gasteiger partial charge in [-0.3, -0.25) is 0 Å². The average Bonchev–Trinajstić information content (AvgIpc) is 2.87. The molecule has 0 bridgehead atoms. The quantitative estimate of drug-likeness (QED) is 0.492. The first kappa shape index (κ1) is 10.4. The molecule has 3 nitrogen and oxygen atoms in total. The summed E-state index contributed by atoms with van der Waals surface area (Å²) in [5.41, 5.74) is 0. The lowest BCUT2D eigenvalue weighted by Gasteiger charge is -2.28. The van der Waals surface area contributed by atoms with Crippen LogP contribution in [0.25, 0.3) is 0 Å². The highest BCUT2D eigenvalue weighted by atomic mass is 32.1. The van der Waals surface area contributed by atoms with Crippen molar-refractivity contribution < 1.29 is 5.02 Å². The van der Waals surface area contributed by atoms with Crippen molar-refractivity contribution in [2.24, 2.45) is 0 Å². The number of thiocarbonyl (C=S) groups is 1. The molecule has 2 aliphatic heterocycles. The number of nitrogens with zero attached hydrogens (tertiary/aromatic N) is 1. The van der Waals surface area contributed by atoms with Crippen LogP contribution in [0.5, 0.6) is 0 Å². The van der Waals surface area contributed by atoms with Gasteiger partial charge in [0.15, 0.2) is 0 Å². The highest BCUT2D eigenvalue weighted by molar-refractivity contribution is 7.80. The third-order valence-corrected chi connectivity index (χ3v) is 3.75. The van der Waals surface area contributed by atoms with Gasteiger partial charge in [-0.15, -0.1) is 0 Å². The van der Waals surface area contributed by atoms with E-state index in [1.54, 1.807) is 0 Å². The Bertz CT molecular complexity index is 221. The van der Waals surface area contributed by atoms with Crippen LogP contribution in [-0.4, -0.2) is 47.5 Å². The minimum absolute atomic E-state index is 0.243. The van der Waals surface area contributed by atoms with E-state index in [4.69, 9.17) is 12.2 Å². The minimum Gasteiger partial charge on any atom is -0.452 e. The molecule has 0 amide bonds. The second kappa shape index (κ2) is 4.60. The van der Waals surface area contributed by atoms with Gasteiger partial charge in [-0.2, -0.15) is 0 Å². The molecule has 2 fully saturated rings. The lowest BCUT2D eigenvalue weighted by atomic mass is 9.86. The van der Waals surface area contributed by atoms with E-state index in [0.717, 1.165) is 37.3 Å². The van der Waals surface area contributed by atoms with Gasteiger partial charge in [-0.1, -0.05) is 12.2 Å². The zero-order chi connectivity index (χ0) is 9.97. The average molecular weight is 212 g/mol. The van der Waals surface area contributed by atoms with Crippen LogP contribution < -0.4 is 5.32 Å². The molecule has 2 rings (SSSR count). The maximum atomic E-state index is 9.21. The van der Waals surface area contributed by atoms with Gasteiger partial charge in [0, 0.05) is 12.5 Å². The van der Waals surface area contributed by atoms with Gasteiger partial charge in [0.05, 0.1) is 11.0 Å². The Hall–Kier alpha value is -0.125. The molecule has 14 heavy (non-hydrogen) atoms. The van der Waals surface area contributed by atoms with Gasteiger partial charge >= 0.3 is 0 Å². The van der Waals surface area contributed by atoms with Crippen LogP contribution in [0.1, 0.15) is 25.7 Å². The largest absolute Gasteiger partial charge is 0.452 e. The smallest absolute Gasteiger partial charge is 0.293 e. The third-order valence-electron chi connectivity index (χ3n) is 3.23. The highest BCUT2D eigenvalue weighted by Gasteiger charge is 2.31. The first-order chi connectivity index (χ1) is 6.83. The topological polar surface area (TPSA) is 35.5 Å². The Morgan fingerprint density at radius 3 is 2.93 bits per heavy atom. The van der Waals surface area contributed by atoms with E-state index in [9.17, 15) is 5.02 Å². The van der Waals surface area contributed by atoms with Gasteiger partial charge in [-0.05, 0) is 32.2 Å². The second-order valence-corrected chi connectivity index (χ2v) is 4.58. The predicted molar refractivity (Wildman–Crippen MR) is 62.7 cm³/mol. The van der Waals surface area contributed by atoms with Crippen molar-refractivity contribution in [3.05, 3.63) is 0 Å².